The maximum Gasteiger partial charge on any atom is 0.246 e. The number of carbonyl (C=O) groups excluding carboxylic acids is 1. The van der Waals surface area contributed by atoms with E-state index in [4.69, 9.17) is 0 Å². The molecule has 1 atom stereocenters. The van der Waals surface area contributed by atoms with Crippen molar-refractivity contribution in [2.45, 2.75) is 57.2 Å². The highest BCUT2D eigenvalue weighted by Crippen LogP contribution is 2.28. The maximum atomic E-state index is 13.1. The van der Waals surface area contributed by atoms with Gasteiger partial charge in [0.05, 0.1) is 16.4 Å². The molecule has 27 heavy (non-hydrogen) atoms. The van der Waals surface area contributed by atoms with Crippen molar-refractivity contribution in [3.05, 3.63) is 17.5 Å². The molecule has 0 radical (unpaired) electrons. The fourth-order valence-electron chi connectivity index (χ4n) is 4.08. The molecule has 1 aliphatic heterocycles. The summed E-state index contributed by atoms with van der Waals surface area (Å²) in [7, 11) is -3.05. The lowest BCUT2D eigenvalue weighted by Crippen LogP contribution is -2.50. The SMILES string of the molecule is O=C(Cn1nnc(-c2cccs2)n1)N(C1CCCCC1)[C@@H]1CCS(=O)(=O)C1. The number of carbonyl (C=O) groups is 1. The summed E-state index contributed by atoms with van der Waals surface area (Å²) >= 11 is 1.52. The molecule has 10 heteroatoms. The topological polar surface area (TPSA) is 98.1 Å². The zero-order chi connectivity index (χ0) is 18.9. The smallest absolute Gasteiger partial charge is 0.246 e. The van der Waals surface area contributed by atoms with Crippen molar-refractivity contribution in [2.24, 2.45) is 0 Å². The third-order valence-electron chi connectivity index (χ3n) is 5.33. The van der Waals surface area contributed by atoms with Crippen molar-refractivity contribution in [1.82, 2.24) is 25.1 Å². The Labute approximate surface area is 162 Å². The van der Waals surface area contributed by atoms with E-state index in [-0.39, 0.29) is 36.0 Å². The standard InChI is InChI=1S/C17H23N5O3S2/c23-16(11-21-19-17(18-20-21)15-7-4-9-26-15)22(13-5-2-1-3-6-13)14-8-10-27(24,25)12-14/h4,7,9,13-14H,1-3,5-6,8,10-12H2/t14-/m1/s1. The summed E-state index contributed by atoms with van der Waals surface area (Å²) in [6.45, 7) is -0.00851. The predicted octanol–water partition coefficient (Wildman–Crippen LogP) is 1.75. The molecule has 0 N–H and O–H groups in total. The summed E-state index contributed by atoms with van der Waals surface area (Å²) in [5.74, 6) is 0.628. The number of sulfone groups is 1. The molecule has 1 amide bonds. The van der Waals surface area contributed by atoms with Gasteiger partial charge in [0.25, 0.3) is 0 Å². The third kappa shape index (κ3) is 4.21. The quantitative estimate of drug-likeness (QED) is 0.746. The van der Waals surface area contributed by atoms with Crippen LogP contribution in [0.5, 0.6) is 0 Å². The average molecular weight is 410 g/mol. The van der Waals surface area contributed by atoms with Gasteiger partial charge in [-0.05, 0) is 35.9 Å². The van der Waals surface area contributed by atoms with Crippen molar-refractivity contribution < 1.29 is 13.2 Å². The van der Waals surface area contributed by atoms with E-state index >= 15 is 0 Å². The minimum atomic E-state index is -3.05. The molecule has 0 spiro atoms. The van der Waals surface area contributed by atoms with Crippen molar-refractivity contribution in [2.75, 3.05) is 11.5 Å². The number of hydrogen-bond donors (Lipinski definition) is 0. The molecule has 0 aromatic carbocycles. The highest BCUT2D eigenvalue weighted by atomic mass is 32.2. The van der Waals surface area contributed by atoms with Crippen LogP contribution in [0, 0.1) is 0 Å². The lowest BCUT2D eigenvalue weighted by atomic mass is 9.93. The zero-order valence-electron chi connectivity index (χ0n) is 15.0. The van der Waals surface area contributed by atoms with Gasteiger partial charge < -0.3 is 4.90 Å². The van der Waals surface area contributed by atoms with E-state index in [0.717, 1.165) is 30.6 Å². The first kappa shape index (κ1) is 18.5. The van der Waals surface area contributed by atoms with E-state index in [1.54, 1.807) is 0 Å². The Morgan fingerprint density at radius 2 is 2.04 bits per heavy atom. The van der Waals surface area contributed by atoms with Crippen LogP contribution in [0.3, 0.4) is 0 Å². The first-order chi connectivity index (χ1) is 13.0. The van der Waals surface area contributed by atoms with E-state index in [1.165, 1.54) is 22.6 Å². The molecule has 146 valence electrons. The molecule has 3 heterocycles. The number of nitrogens with zero attached hydrogens (tertiary/aromatic N) is 5. The second kappa shape index (κ2) is 7.67. The average Bonchev–Trinajstić information content (AvgIpc) is 3.37. The van der Waals surface area contributed by atoms with Gasteiger partial charge in [-0.2, -0.15) is 4.80 Å². The predicted molar refractivity (Wildman–Crippen MR) is 102 cm³/mol. The van der Waals surface area contributed by atoms with Crippen LogP contribution in [0.1, 0.15) is 38.5 Å². The Hall–Kier alpha value is -1.81. The summed E-state index contributed by atoms with van der Waals surface area (Å²) in [4.78, 5) is 17.2. The Morgan fingerprint density at radius 3 is 2.70 bits per heavy atom. The number of amides is 1. The van der Waals surface area contributed by atoms with Crippen molar-refractivity contribution in [3.8, 4) is 10.7 Å². The van der Waals surface area contributed by atoms with E-state index in [9.17, 15) is 13.2 Å². The monoisotopic (exact) mass is 409 g/mol. The molecule has 1 saturated carbocycles. The number of rotatable bonds is 5. The van der Waals surface area contributed by atoms with Crippen LogP contribution in [0.25, 0.3) is 10.7 Å². The number of aromatic nitrogens is 4. The summed E-state index contributed by atoms with van der Waals surface area (Å²) < 4.78 is 23.9. The Kier molecular flexibility index (Phi) is 5.27. The summed E-state index contributed by atoms with van der Waals surface area (Å²) in [6.07, 6.45) is 5.74. The Morgan fingerprint density at radius 1 is 1.22 bits per heavy atom. The van der Waals surface area contributed by atoms with Crippen LogP contribution in [0.2, 0.25) is 0 Å². The molecule has 1 saturated heterocycles. The fourth-order valence-corrected chi connectivity index (χ4v) is 6.44. The maximum absolute atomic E-state index is 13.1. The van der Waals surface area contributed by atoms with E-state index in [1.807, 2.05) is 22.4 Å². The molecule has 0 bridgehead atoms. The largest absolute Gasteiger partial charge is 0.334 e. The molecule has 2 aromatic rings. The molecule has 2 aliphatic rings. The summed E-state index contributed by atoms with van der Waals surface area (Å²) in [5, 5.41) is 14.3. The zero-order valence-corrected chi connectivity index (χ0v) is 16.7. The number of tetrazole rings is 1. The van der Waals surface area contributed by atoms with Crippen LogP contribution in [-0.4, -0.2) is 63.0 Å². The van der Waals surface area contributed by atoms with Crippen molar-refractivity contribution in [1.29, 1.82) is 0 Å². The lowest BCUT2D eigenvalue weighted by Gasteiger charge is -2.38. The Bertz CT molecular complexity index is 888. The van der Waals surface area contributed by atoms with Gasteiger partial charge in [0.1, 0.15) is 6.54 Å². The van der Waals surface area contributed by atoms with Crippen LogP contribution < -0.4 is 0 Å². The van der Waals surface area contributed by atoms with Crippen LogP contribution in [0.4, 0.5) is 0 Å². The molecule has 8 nitrogen and oxygen atoms in total. The van der Waals surface area contributed by atoms with Gasteiger partial charge >= 0.3 is 0 Å². The second-order valence-electron chi connectivity index (χ2n) is 7.27. The molecular weight excluding hydrogens is 386 g/mol. The van der Waals surface area contributed by atoms with Gasteiger partial charge in [-0.15, -0.1) is 21.5 Å². The van der Waals surface area contributed by atoms with Gasteiger partial charge in [-0.1, -0.05) is 25.3 Å². The normalized spacial score (nSPS) is 22.7. The van der Waals surface area contributed by atoms with Gasteiger partial charge in [0.2, 0.25) is 11.7 Å². The van der Waals surface area contributed by atoms with Gasteiger partial charge in [-0.3, -0.25) is 4.79 Å². The first-order valence-electron chi connectivity index (χ1n) is 9.35. The van der Waals surface area contributed by atoms with Crippen LogP contribution in [0.15, 0.2) is 17.5 Å². The highest BCUT2D eigenvalue weighted by Gasteiger charge is 2.38. The third-order valence-corrected chi connectivity index (χ3v) is 7.95. The summed E-state index contributed by atoms with van der Waals surface area (Å²) in [5.41, 5.74) is 0. The van der Waals surface area contributed by atoms with E-state index in [2.05, 4.69) is 15.4 Å². The molecule has 2 aromatic heterocycles. The first-order valence-corrected chi connectivity index (χ1v) is 12.1. The lowest BCUT2D eigenvalue weighted by molar-refractivity contribution is -0.137. The molecule has 2 fully saturated rings. The summed E-state index contributed by atoms with van der Waals surface area (Å²) in [6, 6.07) is 3.71. The molecule has 4 rings (SSSR count). The Balaban J connectivity index is 1.51. The second-order valence-corrected chi connectivity index (χ2v) is 10.4. The molecule has 0 unspecified atom stereocenters. The minimum Gasteiger partial charge on any atom is -0.334 e. The van der Waals surface area contributed by atoms with E-state index < -0.39 is 9.84 Å². The van der Waals surface area contributed by atoms with Gasteiger partial charge in [0.15, 0.2) is 9.84 Å². The highest BCUT2D eigenvalue weighted by molar-refractivity contribution is 7.91. The number of thiophene rings is 1. The van der Waals surface area contributed by atoms with Crippen LogP contribution in [-0.2, 0) is 21.2 Å². The van der Waals surface area contributed by atoms with Crippen molar-refractivity contribution >= 4 is 27.1 Å². The van der Waals surface area contributed by atoms with Crippen LogP contribution >= 0.6 is 11.3 Å². The fraction of sp³-hybridized carbons (Fsp3) is 0.647. The number of hydrogen-bond acceptors (Lipinski definition) is 7. The van der Waals surface area contributed by atoms with Gasteiger partial charge in [-0.25, -0.2) is 8.42 Å². The van der Waals surface area contributed by atoms with E-state index in [0.29, 0.717) is 12.2 Å². The molecule has 1 aliphatic carbocycles. The minimum absolute atomic E-state index is 0.00851. The van der Waals surface area contributed by atoms with Crippen molar-refractivity contribution in [3.63, 3.8) is 0 Å². The van der Waals surface area contributed by atoms with Gasteiger partial charge in [0, 0.05) is 12.1 Å². The molecular formula is C17H23N5O3S2.